The van der Waals surface area contributed by atoms with Crippen molar-refractivity contribution in [3.63, 3.8) is 0 Å². The van der Waals surface area contributed by atoms with Crippen LogP contribution in [0.1, 0.15) is 56.6 Å². The Hall–Kier alpha value is -1.46. The van der Waals surface area contributed by atoms with Gasteiger partial charge in [-0.15, -0.1) is 0 Å². The highest BCUT2D eigenvalue weighted by Gasteiger charge is 2.28. The molecule has 1 aromatic rings. The number of rotatable bonds is 8. The van der Waals surface area contributed by atoms with Gasteiger partial charge in [-0.1, -0.05) is 25.0 Å². The summed E-state index contributed by atoms with van der Waals surface area (Å²) in [6, 6.07) is 6.66. The minimum atomic E-state index is -0.226. The number of hydrogen-bond donors (Lipinski definition) is 2. The number of benzene rings is 1. The summed E-state index contributed by atoms with van der Waals surface area (Å²) >= 11 is 0. The van der Waals surface area contributed by atoms with Gasteiger partial charge >= 0.3 is 0 Å². The van der Waals surface area contributed by atoms with E-state index in [1.165, 1.54) is 44.2 Å². The first-order valence-electron chi connectivity index (χ1n) is 10.6. The van der Waals surface area contributed by atoms with Crippen LogP contribution in [0.25, 0.3) is 0 Å². The van der Waals surface area contributed by atoms with E-state index in [9.17, 15) is 9.18 Å². The molecule has 27 heavy (non-hydrogen) atoms. The maximum atomic E-state index is 13.3. The van der Waals surface area contributed by atoms with Crippen LogP contribution in [-0.4, -0.2) is 44.0 Å². The Morgan fingerprint density at radius 2 is 1.81 bits per heavy atom. The van der Waals surface area contributed by atoms with Crippen LogP contribution >= 0.6 is 0 Å². The van der Waals surface area contributed by atoms with Crippen LogP contribution in [0.3, 0.4) is 0 Å². The molecule has 4 nitrogen and oxygen atoms in total. The number of piperidine rings is 1. The molecule has 150 valence electrons. The molecule has 2 aliphatic rings. The van der Waals surface area contributed by atoms with Gasteiger partial charge in [0.2, 0.25) is 5.91 Å². The third-order valence-corrected chi connectivity index (χ3v) is 6.29. The maximum Gasteiger partial charge on any atom is 0.234 e. The molecule has 1 aliphatic heterocycles. The van der Waals surface area contributed by atoms with Crippen molar-refractivity contribution in [3.8, 4) is 0 Å². The minimum Gasteiger partial charge on any atom is -0.348 e. The topological polar surface area (TPSA) is 44.4 Å². The van der Waals surface area contributed by atoms with Gasteiger partial charge in [-0.05, 0) is 88.3 Å². The summed E-state index contributed by atoms with van der Waals surface area (Å²) in [6.07, 6.45) is 8.30. The Bertz CT molecular complexity index is 578. The second-order valence-corrected chi connectivity index (χ2v) is 8.25. The Balaban J connectivity index is 1.53. The summed E-state index contributed by atoms with van der Waals surface area (Å²) in [5.41, 5.74) is 1.03. The zero-order chi connectivity index (χ0) is 19.1. The highest BCUT2D eigenvalue weighted by molar-refractivity contribution is 5.78. The second-order valence-electron chi connectivity index (χ2n) is 8.25. The molecule has 1 aliphatic carbocycles. The smallest absolute Gasteiger partial charge is 0.234 e. The van der Waals surface area contributed by atoms with Gasteiger partial charge in [-0.2, -0.15) is 0 Å². The molecule has 1 saturated heterocycles. The molecule has 0 spiro atoms. The first-order valence-corrected chi connectivity index (χ1v) is 10.6. The molecule has 0 radical (unpaired) electrons. The third kappa shape index (κ3) is 6.01. The zero-order valence-electron chi connectivity index (χ0n) is 16.6. The molecular formula is C22H34FN3O. The molecule has 2 N–H and O–H groups in total. The highest BCUT2D eigenvalue weighted by Crippen LogP contribution is 2.35. The molecule has 1 aromatic carbocycles. The van der Waals surface area contributed by atoms with Crippen LogP contribution < -0.4 is 10.6 Å². The Morgan fingerprint density at radius 1 is 1.15 bits per heavy atom. The molecule has 0 bridgehead atoms. The number of likely N-dealkylation sites (tertiary alicyclic amines) is 1. The van der Waals surface area contributed by atoms with Gasteiger partial charge in [0.05, 0.1) is 12.6 Å². The quantitative estimate of drug-likeness (QED) is 0.731. The van der Waals surface area contributed by atoms with E-state index in [4.69, 9.17) is 0 Å². The Labute approximate surface area is 162 Å². The summed E-state index contributed by atoms with van der Waals surface area (Å²) in [7, 11) is 2.00. The van der Waals surface area contributed by atoms with Crippen molar-refractivity contribution < 1.29 is 9.18 Å². The molecule has 3 rings (SSSR count). The van der Waals surface area contributed by atoms with Gasteiger partial charge < -0.3 is 10.6 Å². The van der Waals surface area contributed by atoms with E-state index in [0.29, 0.717) is 12.5 Å². The van der Waals surface area contributed by atoms with E-state index in [1.54, 1.807) is 0 Å². The number of nitrogens with zero attached hydrogens (tertiary/aromatic N) is 1. The van der Waals surface area contributed by atoms with Crippen molar-refractivity contribution in [1.82, 2.24) is 15.5 Å². The number of nitrogens with one attached hydrogen (secondary N) is 2. The third-order valence-electron chi connectivity index (χ3n) is 6.29. The lowest BCUT2D eigenvalue weighted by atomic mass is 9.91. The standard InChI is InChI=1S/C22H34FN3O/c1-24-13-10-17-11-14-26(15-12-17)16-21(27)25-22(18-4-2-3-5-18)19-6-8-20(23)9-7-19/h6-9,17-18,22,24H,2-5,10-16H2,1H3,(H,25,27). The summed E-state index contributed by atoms with van der Waals surface area (Å²) in [6.45, 7) is 3.56. The van der Waals surface area contributed by atoms with Gasteiger partial charge in [-0.3, -0.25) is 9.69 Å². The second kappa shape index (κ2) is 10.2. The Kier molecular flexibility index (Phi) is 7.65. The SMILES string of the molecule is CNCCC1CCN(CC(=O)NC(c2ccc(F)cc2)C2CCCC2)CC1. The van der Waals surface area contributed by atoms with Crippen LogP contribution in [0.4, 0.5) is 4.39 Å². The molecule has 1 amide bonds. The van der Waals surface area contributed by atoms with E-state index >= 15 is 0 Å². The van der Waals surface area contributed by atoms with Gasteiger partial charge in [-0.25, -0.2) is 4.39 Å². The van der Waals surface area contributed by atoms with Gasteiger partial charge in [0.1, 0.15) is 5.82 Å². The number of carbonyl (C=O) groups excluding carboxylic acids is 1. The number of amides is 1. The summed E-state index contributed by atoms with van der Waals surface area (Å²) < 4.78 is 13.3. The van der Waals surface area contributed by atoms with Crippen molar-refractivity contribution in [3.05, 3.63) is 35.6 Å². The molecule has 5 heteroatoms. The lowest BCUT2D eigenvalue weighted by molar-refractivity contribution is -0.123. The number of hydrogen-bond acceptors (Lipinski definition) is 3. The van der Waals surface area contributed by atoms with Crippen molar-refractivity contribution in [2.75, 3.05) is 33.2 Å². The summed E-state index contributed by atoms with van der Waals surface area (Å²) in [5, 5.41) is 6.50. The number of carbonyl (C=O) groups is 1. The Morgan fingerprint density at radius 3 is 2.44 bits per heavy atom. The van der Waals surface area contributed by atoms with E-state index < -0.39 is 0 Å². The van der Waals surface area contributed by atoms with E-state index in [2.05, 4.69) is 15.5 Å². The molecule has 1 saturated carbocycles. The fourth-order valence-electron chi connectivity index (χ4n) is 4.64. The van der Waals surface area contributed by atoms with E-state index in [1.807, 2.05) is 19.2 Å². The molecule has 0 aromatic heterocycles. The van der Waals surface area contributed by atoms with E-state index in [-0.39, 0.29) is 17.8 Å². The van der Waals surface area contributed by atoms with Crippen molar-refractivity contribution >= 4 is 5.91 Å². The first kappa shape index (κ1) is 20.3. The molecule has 1 unspecified atom stereocenters. The predicted octanol–water partition coefficient (Wildman–Crippen LogP) is 3.49. The van der Waals surface area contributed by atoms with Crippen LogP contribution in [0, 0.1) is 17.7 Å². The summed E-state index contributed by atoms with van der Waals surface area (Å²) in [5.74, 6) is 1.12. The fraction of sp³-hybridized carbons (Fsp3) is 0.682. The largest absolute Gasteiger partial charge is 0.348 e. The highest BCUT2D eigenvalue weighted by atomic mass is 19.1. The van der Waals surface area contributed by atoms with Crippen LogP contribution in [0.2, 0.25) is 0 Å². The van der Waals surface area contributed by atoms with E-state index in [0.717, 1.165) is 44.0 Å². The average molecular weight is 376 g/mol. The zero-order valence-corrected chi connectivity index (χ0v) is 16.6. The van der Waals surface area contributed by atoms with Gasteiger partial charge in [0, 0.05) is 0 Å². The molecule has 1 atom stereocenters. The summed E-state index contributed by atoms with van der Waals surface area (Å²) in [4.78, 5) is 15.0. The monoisotopic (exact) mass is 375 g/mol. The van der Waals surface area contributed by atoms with Crippen LogP contribution in [0.5, 0.6) is 0 Å². The van der Waals surface area contributed by atoms with Gasteiger partial charge in [0.25, 0.3) is 0 Å². The fourth-order valence-corrected chi connectivity index (χ4v) is 4.64. The lowest BCUT2D eigenvalue weighted by Gasteiger charge is -2.32. The maximum absolute atomic E-state index is 13.3. The normalized spacial score (nSPS) is 20.7. The van der Waals surface area contributed by atoms with Gasteiger partial charge in [0.15, 0.2) is 0 Å². The average Bonchev–Trinajstić information content (AvgIpc) is 3.21. The lowest BCUT2D eigenvalue weighted by Crippen LogP contribution is -2.43. The molecule has 1 heterocycles. The van der Waals surface area contributed by atoms with Crippen LogP contribution in [-0.2, 0) is 4.79 Å². The minimum absolute atomic E-state index is 0.00812. The van der Waals surface area contributed by atoms with Crippen molar-refractivity contribution in [2.45, 2.75) is 51.0 Å². The van der Waals surface area contributed by atoms with Crippen LogP contribution in [0.15, 0.2) is 24.3 Å². The van der Waals surface area contributed by atoms with Crippen molar-refractivity contribution in [1.29, 1.82) is 0 Å². The molecular weight excluding hydrogens is 341 g/mol. The number of halogens is 1. The predicted molar refractivity (Wildman–Crippen MR) is 107 cm³/mol. The first-order chi connectivity index (χ1) is 13.2. The van der Waals surface area contributed by atoms with Crippen molar-refractivity contribution in [2.24, 2.45) is 11.8 Å². The molecule has 2 fully saturated rings.